The lowest BCUT2D eigenvalue weighted by atomic mass is 9.97. The largest absolute Gasteiger partial charge is 0.504 e. The van der Waals surface area contributed by atoms with Crippen LogP contribution >= 0.6 is 0 Å². The first-order valence-corrected chi connectivity index (χ1v) is 5.24. The van der Waals surface area contributed by atoms with Gasteiger partial charge in [-0.1, -0.05) is 6.07 Å². The number of aliphatic carboxylic acids is 1. The molecule has 0 aliphatic heterocycles. The van der Waals surface area contributed by atoms with E-state index < -0.39 is 29.7 Å². The summed E-state index contributed by atoms with van der Waals surface area (Å²) in [6.07, 6.45) is -1.02. The molecule has 1 aromatic carbocycles. The Hall–Kier alpha value is -2.24. The van der Waals surface area contributed by atoms with E-state index in [9.17, 15) is 19.8 Å². The predicted molar refractivity (Wildman–Crippen MR) is 61.1 cm³/mol. The Morgan fingerprint density at radius 3 is 2.28 bits per heavy atom. The molecule has 0 spiro atoms. The third-order valence-corrected chi connectivity index (χ3v) is 2.46. The highest BCUT2D eigenvalue weighted by molar-refractivity contribution is 5.72. The molecule has 98 valence electrons. The first-order valence-electron chi connectivity index (χ1n) is 5.24. The summed E-state index contributed by atoms with van der Waals surface area (Å²) in [5.41, 5.74) is 0.301. The summed E-state index contributed by atoms with van der Waals surface area (Å²) in [6.45, 7) is 2.56. The number of carboxylic acid groups (broad SMARTS) is 1. The van der Waals surface area contributed by atoms with E-state index in [0.29, 0.717) is 5.56 Å². The summed E-state index contributed by atoms with van der Waals surface area (Å²) in [6, 6.07) is 3.76. The molecule has 0 saturated heterocycles. The van der Waals surface area contributed by atoms with Crippen molar-refractivity contribution in [3.8, 4) is 11.5 Å². The Morgan fingerprint density at radius 2 is 1.83 bits per heavy atom. The van der Waals surface area contributed by atoms with Gasteiger partial charge in [-0.3, -0.25) is 9.59 Å². The maximum atomic E-state index is 11.0. The number of aromatic hydroxyl groups is 2. The summed E-state index contributed by atoms with van der Waals surface area (Å²) in [7, 11) is 0. The van der Waals surface area contributed by atoms with Gasteiger partial charge >= 0.3 is 11.9 Å². The summed E-state index contributed by atoms with van der Waals surface area (Å²) in [5.74, 6) is -3.46. The number of rotatable bonds is 4. The van der Waals surface area contributed by atoms with Crippen LogP contribution in [0, 0.1) is 5.92 Å². The highest BCUT2D eigenvalue weighted by Gasteiger charge is 2.28. The number of hydrogen-bond donors (Lipinski definition) is 3. The molecule has 0 radical (unpaired) electrons. The Labute approximate surface area is 103 Å². The number of ether oxygens (including phenoxy) is 1. The van der Waals surface area contributed by atoms with Gasteiger partial charge in [-0.25, -0.2) is 0 Å². The van der Waals surface area contributed by atoms with Crippen molar-refractivity contribution in [3.05, 3.63) is 23.8 Å². The second-order valence-corrected chi connectivity index (χ2v) is 3.91. The van der Waals surface area contributed by atoms with Crippen molar-refractivity contribution < 1.29 is 29.6 Å². The monoisotopic (exact) mass is 254 g/mol. The molecule has 0 amide bonds. The van der Waals surface area contributed by atoms with Gasteiger partial charge in [0.15, 0.2) is 11.5 Å². The Morgan fingerprint density at radius 1 is 1.22 bits per heavy atom. The molecule has 6 nitrogen and oxygen atoms in total. The summed E-state index contributed by atoms with van der Waals surface area (Å²) in [5, 5.41) is 27.5. The van der Waals surface area contributed by atoms with Gasteiger partial charge in [-0.2, -0.15) is 0 Å². The lowest BCUT2D eigenvalue weighted by Gasteiger charge is -2.21. The minimum atomic E-state index is -1.13. The summed E-state index contributed by atoms with van der Waals surface area (Å²) in [4.78, 5) is 21.9. The average molecular weight is 254 g/mol. The maximum absolute atomic E-state index is 11.0. The number of phenols is 2. The van der Waals surface area contributed by atoms with Crippen LogP contribution in [0.3, 0.4) is 0 Å². The van der Waals surface area contributed by atoms with Crippen LogP contribution in [0.1, 0.15) is 25.5 Å². The number of benzene rings is 1. The van der Waals surface area contributed by atoms with Gasteiger partial charge < -0.3 is 20.1 Å². The number of hydrogen-bond acceptors (Lipinski definition) is 5. The second-order valence-electron chi connectivity index (χ2n) is 3.91. The number of carboxylic acids is 1. The molecule has 0 heterocycles. The molecule has 0 aliphatic rings. The molecule has 0 saturated carbocycles. The van der Waals surface area contributed by atoms with E-state index in [1.165, 1.54) is 32.0 Å². The summed E-state index contributed by atoms with van der Waals surface area (Å²) >= 11 is 0. The molecule has 0 aromatic heterocycles. The first kappa shape index (κ1) is 13.8. The fraction of sp³-hybridized carbons (Fsp3) is 0.333. The fourth-order valence-electron chi connectivity index (χ4n) is 1.48. The van der Waals surface area contributed by atoms with Crippen LogP contribution in [-0.2, 0) is 14.3 Å². The van der Waals surface area contributed by atoms with Gasteiger partial charge in [0.2, 0.25) is 0 Å². The molecule has 0 fully saturated rings. The van der Waals surface area contributed by atoms with E-state index in [1.54, 1.807) is 0 Å². The van der Waals surface area contributed by atoms with Gasteiger partial charge in [0.05, 0.1) is 5.92 Å². The number of esters is 1. The normalized spacial score (nSPS) is 13.7. The van der Waals surface area contributed by atoms with Gasteiger partial charge in [0, 0.05) is 6.92 Å². The van der Waals surface area contributed by atoms with Crippen molar-refractivity contribution in [2.24, 2.45) is 5.92 Å². The number of carbonyl (C=O) groups excluding carboxylic acids is 1. The van der Waals surface area contributed by atoms with E-state index >= 15 is 0 Å². The Kier molecular flexibility index (Phi) is 4.14. The van der Waals surface area contributed by atoms with Gasteiger partial charge in [0.1, 0.15) is 6.10 Å². The molecule has 3 N–H and O–H groups in total. The number of phenolic OH excluding ortho intramolecular Hbond substituents is 2. The van der Waals surface area contributed by atoms with Gasteiger partial charge in [-0.15, -0.1) is 0 Å². The van der Waals surface area contributed by atoms with Crippen LogP contribution in [0.2, 0.25) is 0 Å². The lowest BCUT2D eigenvalue weighted by molar-refractivity contribution is -0.156. The van der Waals surface area contributed by atoms with Crippen LogP contribution in [0.5, 0.6) is 11.5 Å². The third kappa shape index (κ3) is 3.13. The second kappa shape index (κ2) is 5.39. The Balaban J connectivity index is 3.12. The van der Waals surface area contributed by atoms with Crippen LogP contribution in [0.15, 0.2) is 18.2 Å². The molecule has 0 aliphatic carbocycles. The topological polar surface area (TPSA) is 104 Å². The van der Waals surface area contributed by atoms with Crippen LogP contribution in [0.4, 0.5) is 0 Å². The van der Waals surface area contributed by atoms with E-state index in [1.807, 2.05) is 0 Å². The third-order valence-electron chi connectivity index (χ3n) is 2.46. The maximum Gasteiger partial charge on any atom is 0.310 e. The lowest BCUT2D eigenvalue weighted by Crippen LogP contribution is -2.23. The molecule has 6 heteroatoms. The molecular weight excluding hydrogens is 240 g/mol. The molecular formula is C12H14O6. The molecule has 1 rings (SSSR count). The van der Waals surface area contributed by atoms with E-state index in [-0.39, 0.29) is 5.75 Å². The van der Waals surface area contributed by atoms with Crippen LogP contribution < -0.4 is 0 Å². The quantitative estimate of drug-likeness (QED) is 0.554. The molecule has 1 unspecified atom stereocenters. The van der Waals surface area contributed by atoms with Crippen molar-refractivity contribution in [2.45, 2.75) is 20.0 Å². The van der Waals surface area contributed by atoms with Crippen molar-refractivity contribution in [2.75, 3.05) is 0 Å². The van der Waals surface area contributed by atoms with Crippen LogP contribution in [0.25, 0.3) is 0 Å². The fourth-order valence-corrected chi connectivity index (χ4v) is 1.48. The summed E-state index contributed by atoms with van der Waals surface area (Å²) < 4.78 is 4.94. The predicted octanol–water partition coefficient (Wildman–Crippen LogP) is 1.42. The van der Waals surface area contributed by atoms with E-state index in [4.69, 9.17) is 9.84 Å². The molecule has 18 heavy (non-hydrogen) atoms. The van der Waals surface area contributed by atoms with Crippen LogP contribution in [-0.4, -0.2) is 27.3 Å². The zero-order valence-corrected chi connectivity index (χ0v) is 9.95. The minimum Gasteiger partial charge on any atom is -0.504 e. The first-order chi connectivity index (χ1) is 8.32. The van der Waals surface area contributed by atoms with Crippen molar-refractivity contribution >= 4 is 11.9 Å². The van der Waals surface area contributed by atoms with E-state index in [2.05, 4.69) is 0 Å². The van der Waals surface area contributed by atoms with Crippen molar-refractivity contribution in [3.63, 3.8) is 0 Å². The van der Waals surface area contributed by atoms with E-state index in [0.717, 1.165) is 0 Å². The minimum absolute atomic E-state index is 0.301. The molecule has 2 atom stereocenters. The zero-order chi connectivity index (χ0) is 13.9. The average Bonchev–Trinajstić information content (AvgIpc) is 2.28. The smallest absolute Gasteiger partial charge is 0.310 e. The number of carbonyl (C=O) groups is 2. The zero-order valence-electron chi connectivity index (χ0n) is 9.95. The highest BCUT2D eigenvalue weighted by Crippen LogP contribution is 2.33. The molecule has 1 aromatic rings. The highest BCUT2D eigenvalue weighted by atomic mass is 16.5. The van der Waals surface area contributed by atoms with Gasteiger partial charge in [-0.05, 0) is 24.6 Å². The van der Waals surface area contributed by atoms with Crippen molar-refractivity contribution in [1.82, 2.24) is 0 Å². The SMILES string of the molecule is CC(=O)OC(c1ccc(O)c(O)c1)[C@H](C)C(=O)O. The van der Waals surface area contributed by atoms with Gasteiger partial charge in [0.25, 0.3) is 0 Å². The van der Waals surface area contributed by atoms with Crippen molar-refractivity contribution in [1.29, 1.82) is 0 Å². The Bertz CT molecular complexity index is 468. The standard InChI is InChI=1S/C12H14O6/c1-6(12(16)17)11(18-7(2)13)8-3-4-9(14)10(15)5-8/h3-6,11,14-15H,1-2H3,(H,16,17)/t6-,11?/m0/s1. The molecule has 0 bridgehead atoms.